The molecule has 0 radical (unpaired) electrons. The summed E-state index contributed by atoms with van der Waals surface area (Å²) < 4.78 is 27.9. The summed E-state index contributed by atoms with van der Waals surface area (Å²) in [6, 6.07) is 43.7. The molecule has 7 aromatic rings. The van der Waals surface area contributed by atoms with Crippen molar-refractivity contribution < 1.29 is 52.7 Å². The van der Waals surface area contributed by atoms with Crippen LogP contribution in [0.5, 0.6) is 0 Å². The maximum atomic E-state index is 14.2. The van der Waals surface area contributed by atoms with Crippen LogP contribution in [0.4, 0.5) is 4.79 Å². The quantitative estimate of drug-likeness (QED) is 0.0775. The molecule has 1 aliphatic heterocycles. The topological polar surface area (TPSA) is 195 Å². The third-order valence-electron chi connectivity index (χ3n) is 14.5. The number of carbonyl (C=O) groups excluding carboxylic acids is 3. The number of benzene rings is 5. The van der Waals surface area contributed by atoms with Crippen LogP contribution in [0.15, 0.2) is 173 Å². The van der Waals surface area contributed by atoms with Crippen LogP contribution >= 0.6 is 0 Å². The molecular formula is C100H57N3O11. The number of hydrogen-bond donors (Lipinski definition) is 3. The van der Waals surface area contributed by atoms with E-state index in [1.165, 1.54) is 38.8 Å². The molecule has 0 aliphatic carbocycles. The highest BCUT2D eigenvalue weighted by molar-refractivity contribution is 5.99. The van der Waals surface area contributed by atoms with E-state index in [-0.39, 0.29) is 25.0 Å². The Kier molecular flexibility index (Phi) is 37.3. The number of imide groups is 1. The molecule has 538 valence electrons. The van der Waals surface area contributed by atoms with Crippen molar-refractivity contribution in [2.45, 2.75) is 89.8 Å². The largest absolute Gasteiger partial charge is 0.446 e. The lowest BCUT2D eigenvalue weighted by molar-refractivity contribution is -0.177. The molecule has 114 heavy (non-hydrogen) atoms. The maximum Gasteiger partial charge on any atom is 0.417 e. The lowest BCUT2D eigenvalue weighted by Gasteiger charge is -2.36. The minimum Gasteiger partial charge on any atom is -0.446 e. The van der Waals surface area contributed by atoms with Crippen molar-refractivity contribution in [3.05, 3.63) is 193 Å². The molecule has 14 nitrogen and oxygen atoms in total. The van der Waals surface area contributed by atoms with Crippen LogP contribution < -0.4 is 0 Å². The van der Waals surface area contributed by atoms with Gasteiger partial charge < -0.3 is 38.4 Å². The molecule has 8 rings (SSSR count). The fourth-order valence-electron chi connectivity index (χ4n) is 9.06. The predicted octanol–water partition coefficient (Wildman–Crippen LogP) is 9.87. The van der Waals surface area contributed by atoms with Gasteiger partial charge in [-0.25, -0.2) is 19.7 Å². The van der Waals surface area contributed by atoms with Crippen molar-refractivity contribution in [2.24, 2.45) is 0 Å². The van der Waals surface area contributed by atoms with Crippen LogP contribution in [-0.4, -0.2) is 71.4 Å². The lowest BCUT2D eigenvalue weighted by atomic mass is 9.89. The first kappa shape index (κ1) is 85.7. The molecule has 3 N–H and O–H groups in total. The monoisotopic (exact) mass is 1480 g/mol. The molecule has 5 aromatic carbocycles. The van der Waals surface area contributed by atoms with Crippen LogP contribution in [0.2, 0.25) is 0 Å². The Morgan fingerprint density at radius 3 is 0.947 bits per heavy atom. The first-order chi connectivity index (χ1) is 55.7. The van der Waals surface area contributed by atoms with Gasteiger partial charge >= 0.3 is 6.09 Å². The number of rotatable bonds is 16. The van der Waals surface area contributed by atoms with Crippen molar-refractivity contribution >= 4 is 17.8 Å². The van der Waals surface area contributed by atoms with Gasteiger partial charge in [-0.15, -0.1) is 0 Å². The standard InChI is InChI=1S/C48H6.C31H30N2O6.C21H21NO5/c1-3-5-7-9-11-13-15-17-19-21-23-25-27-29-31-33-35-37-39-41-43-45-47-48-46-44-42-40-38-36-34-32-30-28-26-24-22-20-18-16-14-12-10-8-6-4-2;1-30(2)25(24-12-8-5-9-13-24)33(29(36)39-30)28(35)31(3,26(34)27-32-18-19-37-27)38-20-21-14-16-23(17-15-21)22-10-6-4-7-11-22;1-21(18(24)13-23,19(25)20-22-11-12-26-20)27-14-15-7-9-17(10-8-15)16-5-3-2-4-6-16/h1-2H3;4-19,25-26,34H,20H2,1-3H3;2-12,19,23,25H,13-14H2,1H3/t;25-,26-,31-;19-,21+/m.00/s1. The summed E-state index contributed by atoms with van der Waals surface area (Å²) >= 11 is 0. The summed E-state index contributed by atoms with van der Waals surface area (Å²) in [5, 5.41) is 31.1. The Balaban J connectivity index is 0.000000275. The van der Waals surface area contributed by atoms with Gasteiger partial charge in [0.25, 0.3) is 5.91 Å². The highest BCUT2D eigenvalue weighted by Crippen LogP contribution is 2.44. The van der Waals surface area contributed by atoms with Gasteiger partial charge in [0.2, 0.25) is 11.8 Å². The minimum absolute atomic E-state index is 0.0165. The third kappa shape index (κ3) is 30.0. The molecule has 0 saturated carbocycles. The number of ketones is 1. The molecule has 0 bridgehead atoms. The second-order valence-electron chi connectivity index (χ2n) is 22.5. The van der Waals surface area contributed by atoms with Crippen LogP contribution in [0, 0.1) is 272 Å². The van der Waals surface area contributed by atoms with Gasteiger partial charge in [0, 0.05) is 166 Å². The average molecular weight is 1480 g/mol. The molecule has 14 heteroatoms. The van der Waals surface area contributed by atoms with E-state index in [4.69, 9.17) is 23.0 Å². The average Bonchev–Trinajstić information content (AvgIpc) is 1.57. The van der Waals surface area contributed by atoms with Crippen molar-refractivity contribution in [1.29, 1.82) is 0 Å². The number of ether oxygens (including phenoxy) is 3. The normalized spacial score (nSPS) is 11.5. The highest BCUT2D eigenvalue weighted by atomic mass is 16.6. The van der Waals surface area contributed by atoms with Crippen LogP contribution in [0.25, 0.3) is 22.3 Å². The summed E-state index contributed by atoms with van der Waals surface area (Å²) in [4.78, 5) is 48.5. The smallest absolute Gasteiger partial charge is 0.417 e. The number of hydrogen-bond acceptors (Lipinski definition) is 13. The summed E-state index contributed by atoms with van der Waals surface area (Å²) in [5.74, 6) is 114. The third-order valence-corrected chi connectivity index (χ3v) is 14.5. The number of amides is 2. The molecule has 1 aliphatic rings. The van der Waals surface area contributed by atoms with Crippen molar-refractivity contribution in [2.75, 3.05) is 6.61 Å². The summed E-state index contributed by atoms with van der Waals surface area (Å²) in [7, 11) is 0. The van der Waals surface area contributed by atoms with E-state index in [9.17, 15) is 29.7 Å². The van der Waals surface area contributed by atoms with E-state index >= 15 is 0 Å². The maximum absolute atomic E-state index is 14.2. The molecule has 0 spiro atoms. The number of oxazole rings is 2. The van der Waals surface area contributed by atoms with Gasteiger partial charge in [-0.05, 0) is 175 Å². The Bertz CT molecular complexity index is 6090. The SMILES string of the molecule is CC#CC#CC#CC#CC#CC#CC#CC#CC#CC#CC#CC#CC#CC#CC#CC#CC#CC#CC#CC#CC#CC#CC#CC.CC1(C)OC(=O)N(C(=O)[C@@](C)(OCc2ccc(-c3ccccc3)cc2)[C@@H](O)c2ncco2)[C@H]1c1ccccc1.C[C@@](OCc1ccc(-c2ccccc2)cc1)(C(=O)CO)[C@@H](O)c1ncco1. The van der Waals surface area contributed by atoms with Gasteiger partial charge in [-0.1, -0.05) is 151 Å². The number of aliphatic hydroxyl groups is 3. The molecule has 1 fully saturated rings. The van der Waals surface area contributed by atoms with E-state index in [1.807, 2.05) is 140 Å². The Labute approximate surface area is 665 Å². The van der Waals surface area contributed by atoms with Gasteiger partial charge in [0.1, 0.15) is 30.8 Å². The second kappa shape index (κ2) is 49.6. The highest BCUT2D eigenvalue weighted by Gasteiger charge is 2.58. The minimum atomic E-state index is -1.94. The lowest BCUT2D eigenvalue weighted by Crippen LogP contribution is -2.54. The van der Waals surface area contributed by atoms with E-state index in [0.717, 1.165) is 38.3 Å². The second-order valence-corrected chi connectivity index (χ2v) is 22.5. The zero-order valence-electron chi connectivity index (χ0n) is 61.9. The van der Waals surface area contributed by atoms with Crippen molar-refractivity contribution in [3.8, 4) is 295 Å². The fourth-order valence-corrected chi connectivity index (χ4v) is 9.06. The van der Waals surface area contributed by atoms with Crippen molar-refractivity contribution in [1.82, 2.24) is 14.9 Å². The molecular weight excluding hydrogens is 1420 g/mol. The molecule has 0 unspecified atom stereocenters. The molecule has 1 saturated heterocycles. The van der Waals surface area contributed by atoms with Crippen molar-refractivity contribution in [3.63, 3.8) is 0 Å². The predicted molar refractivity (Wildman–Crippen MR) is 432 cm³/mol. The number of aromatic nitrogens is 2. The van der Waals surface area contributed by atoms with Gasteiger partial charge in [0.15, 0.2) is 29.2 Å². The first-order valence-corrected chi connectivity index (χ1v) is 33.5. The Morgan fingerprint density at radius 1 is 0.412 bits per heavy atom. The van der Waals surface area contributed by atoms with E-state index in [1.54, 1.807) is 27.7 Å². The molecule has 2 aromatic heterocycles. The number of aliphatic hydroxyl groups excluding tert-OH is 3. The number of carbonyl (C=O) groups is 3. The van der Waals surface area contributed by atoms with Crippen LogP contribution in [0.3, 0.4) is 0 Å². The molecule has 5 atom stereocenters. The molecule has 2 amide bonds. The summed E-state index contributed by atoms with van der Waals surface area (Å²) in [6.45, 7) is 9.01. The van der Waals surface area contributed by atoms with Crippen LogP contribution in [0.1, 0.15) is 88.3 Å². The number of nitrogens with zero attached hydrogens (tertiary/aromatic N) is 3. The van der Waals surface area contributed by atoms with Gasteiger partial charge in [-0.3, -0.25) is 9.59 Å². The van der Waals surface area contributed by atoms with E-state index in [2.05, 4.69) is 282 Å². The zero-order valence-corrected chi connectivity index (χ0v) is 61.9. The summed E-state index contributed by atoms with van der Waals surface area (Å²) in [6.07, 6.45) is 1.47. The number of cyclic esters (lactones) is 1. The van der Waals surface area contributed by atoms with Crippen LogP contribution in [-0.2, 0) is 37.0 Å². The van der Waals surface area contributed by atoms with E-state index < -0.39 is 59.4 Å². The zero-order chi connectivity index (χ0) is 81.4. The summed E-state index contributed by atoms with van der Waals surface area (Å²) in [5.41, 5.74) is 1.95. The Morgan fingerprint density at radius 2 is 0.675 bits per heavy atom. The van der Waals surface area contributed by atoms with E-state index in [0.29, 0.717) is 5.56 Å². The number of Topliss-reactive ketones (excluding diaryl/α,β-unsaturated/α-hetero) is 1. The fraction of sp³-hybridized carbons (Fsp3) is 0.150. The molecule has 3 heterocycles. The van der Waals surface area contributed by atoms with Gasteiger partial charge in [0.05, 0.1) is 25.6 Å². The van der Waals surface area contributed by atoms with Gasteiger partial charge in [-0.2, -0.15) is 0 Å². The first-order valence-electron chi connectivity index (χ1n) is 33.5. The Hall–Kier alpha value is -17.2.